The summed E-state index contributed by atoms with van der Waals surface area (Å²) in [4.78, 5) is 4.83. The SMILES string of the molecule is COc1ccc2c(c1)CCc1nc(-c3ccccc3)sc1N2. The highest BCUT2D eigenvalue weighted by atomic mass is 32.1. The van der Waals surface area contributed by atoms with Gasteiger partial charge in [-0.3, -0.25) is 0 Å². The topological polar surface area (TPSA) is 34.1 Å². The van der Waals surface area contributed by atoms with Crippen molar-refractivity contribution in [2.75, 3.05) is 12.4 Å². The molecular formula is C18H16N2OS. The number of nitrogens with zero attached hydrogens (tertiary/aromatic N) is 1. The second-order valence-electron chi connectivity index (χ2n) is 5.31. The number of hydrogen-bond donors (Lipinski definition) is 1. The van der Waals surface area contributed by atoms with Crippen LogP contribution in [0.2, 0.25) is 0 Å². The minimum Gasteiger partial charge on any atom is -0.497 e. The van der Waals surface area contributed by atoms with Crippen LogP contribution in [0.3, 0.4) is 0 Å². The van der Waals surface area contributed by atoms with Gasteiger partial charge < -0.3 is 10.1 Å². The Morgan fingerprint density at radius 1 is 1.09 bits per heavy atom. The van der Waals surface area contributed by atoms with Gasteiger partial charge >= 0.3 is 0 Å². The molecule has 1 aliphatic heterocycles. The molecule has 1 aliphatic rings. The first-order valence-electron chi connectivity index (χ1n) is 7.32. The zero-order valence-corrected chi connectivity index (χ0v) is 13.1. The zero-order valence-electron chi connectivity index (χ0n) is 12.3. The summed E-state index contributed by atoms with van der Waals surface area (Å²) in [5, 5.41) is 5.78. The van der Waals surface area contributed by atoms with Crippen LogP contribution in [0.5, 0.6) is 5.75 Å². The summed E-state index contributed by atoms with van der Waals surface area (Å²) in [5.74, 6) is 0.906. The van der Waals surface area contributed by atoms with Crippen molar-refractivity contribution < 1.29 is 4.74 Å². The molecule has 3 nitrogen and oxygen atoms in total. The molecule has 4 heteroatoms. The van der Waals surface area contributed by atoms with E-state index in [2.05, 4.69) is 41.7 Å². The van der Waals surface area contributed by atoms with Gasteiger partial charge in [0.1, 0.15) is 15.8 Å². The summed E-state index contributed by atoms with van der Waals surface area (Å²) < 4.78 is 5.32. The number of anilines is 2. The zero-order chi connectivity index (χ0) is 14.9. The molecule has 22 heavy (non-hydrogen) atoms. The summed E-state index contributed by atoms with van der Waals surface area (Å²) in [6.07, 6.45) is 1.93. The van der Waals surface area contributed by atoms with E-state index in [0.717, 1.165) is 40.0 Å². The van der Waals surface area contributed by atoms with Crippen LogP contribution in [0, 0.1) is 0 Å². The number of methoxy groups -OCH3 is 1. The van der Waals surface area contributed by atoms with Gasteiger partial charge in [0.15, 0.2) is 0 Å². The molecule has 0 saturated heterocycles. The van der Waals surface area contributed by atoms with Gasteiger partial charge in [-0.25, -0.2) is 4.98 Å². The van der Waals surface area contributed by atoms with Crippen LogP contribution in [0.4, 0.5) is 10.7 Å². The quantitative estimate of drug-likeness (QED) is 0.747. The number of fused-ring (bicyclic) bond motifs is 2. The van der Waals surface area contributed by atoms with Crippen molar-refractivity contribution >= 4 is 22.0 Å². The normalized spacial score (nSPS) is 12.8. The number of hydrogen-bond acceptors (Lipinski definition) is 4. The second-order valence-corrected chi connectivity index (χ2v) is 6.31. The van der Waals surface area contributed by atoms with Crippen LogP contribution in [0.15, 0.2) is 48.5 Å². The molecule has 0 amide bonds. The lowest BCUT2D eigenvalue weighted by atomic mass is 10.1. The van der Waals surface area contributed by atoms with E-state index in [4.69, 9.17) is 9.72 Å². The number of ether oxygens (including phenoxy) is 1. The molecule has 0 radical (unpaired) electrons. The summed E-state index contributed by atoms with van der Waals surface area (Å²) >= 11 is 1.72. The predicted octanol–water partition coefficient (Wildman–Crippen LogP) is 4.66. The average molecular weight is 308 g/mol. The van der Waals surface area contributed by atoms with Gasteiger partial charge in [0.05, 0.1) is 12.8 Å². The van der Waals surface area contributed by atoms with E-state index in [9.17, 15) is 0 Å². The van der Waals surface area contributed by atoms with Crippen LogP contribution in [-0.4, -0.2) is 12.1 Å². The van der Waals surface area contributed by atoms with Crippen LogP contribution in [0.25, 0.3) is 10.6 Å². The Bertz CT molecular complexity index is 811. The molecule has 1 N–H and O–H groups in total. The first-order valence-corrected chi connectivity index (χ1v) is 8.14. The molecule has 0 unspecified atom stereocenters. The fraction of sp³-hybridized carbons (Fsp3) is 0.167. The molecule has 0 aliphatic carbocycles. The molecule has 4 rings (SSSR count). The Labute approximate surface area is 133 Å². The maximum absolute atomic E-state index is 5.32. The molecule has 110 valence electrons. The minimum absolute atomic E-state index is 0.906. The first-order chi connectivity index (χ1) is 10.8. The monoisotopic (exact) mass is 308 g/mol. The van der Waals surface area contributed by atoms with Crippen molar-refractivity contribution in [3.05, 3.63) is 59.8 Å². The van der Waals surface area contributed by atoms with Crippen molar-refractivity contribution in [2.24, 2.45) is 0 Å². The van der Waals surface area contributed by atoms with E-state index < -0.39 is 0 Å². The Hall–Kier alpha value is -2.33. The third-order valence-corrected chi connectivity index (χ3v) is 4.97. The van der Waals surface area contributed by atoms with E-state index in [1.165, 1.54) is 11.1 Å². The summed E-state index contributed by atoms with van der Waals surface area (Å²) in [6.45, 7) is 0. The molecule has 0 bridgehead atoms. The van der Waals surface area contributed by atoms with Crippen LogP contribution >= 0.6 is 11.3 Å². The van der Waals surface area contributed by atoms with E-state index in [-0.39, 0.29) is 0 Å². The molecule has 0 atom stereocenters. The highest BCUT2D eigenvalue weighted by Crippen LogP contribution is 2.38. The number of aromatic nitrogens is 1. The molecule has 0 spiro atoms. The van der Waals surface area contributed by atoms with Crippen molar-refractivity contribution in [1.29, 1.82) is 0 Å². The molecule has 2 aromatic carbocycles. The molecular weight excluding hydrogens is 292 g/mol. The maximum Gasteiger partial charge on any atom is 0.125 e. The minimum atomic E-state index is 0.906. The van der Waals surface area contributed by atoms with Crippen molar-refractivity contribution in [2.45, 2.75) is 12.8 Å². The van der Waals surface area contributed by atoms with Crippen molar-refractivity contribution in [1.82, 2.24) is 4.98 Å². The number of aryl methyl sites for hydroxylation is 2. The first kappa shape index (κ1) is 13.3. The van der Waals surface area contributed by atoms with Gasteiger partial charge in [0, 0.05) is 11.3 Å². The van der Waals surface area contributed by atoms with Gasteiger partial charge in [0.2, 0.25) is 0 Å². The van der Waals surface area contributed by atoms with Crippen LogP contribution in [0.1, 0.15) is 11.3 Å². The van der Waals surface area contributed by atoms with Crippen LogP contribution < -0.4 is 10.1 Å². The highest BCUT2D eigenvalue weighted by Gasteiger charge is 2.18. The Morgan fingerprint density at radius 2 is 1.95 bits per heavy atom. The van der Waals surface area contributed by atoms with E-state index in [1.54, 1.807) is 18.4 Å². The van der Waals surface area contributed by atoms with E-state index in [0.29, 0.717) is 0 Å². The fourth-order valence-electron chi connectivity index (χ4n) is 2.72. The highest BCUT2D eigenvalue weighted by molar-refractivity contribution is 7.19. The number of nitrogens with one attached hydrogen (secondary N) is 1. The van der Waals surface area contributed by atoms with Gasteiger partial charge in [-0.1, -0.05) is 41.7 Å². The molecule has 2 heterocycles. The third kappa shape index (κ3) is 2.35. The fourth-order valence-corrected chi connectivity index (χ4v) is 3.75. The van der Waals surface area contributed by atoms with Gasteiger partial charge in [-0.15, -0.1) is 0 Å². The molecule has 0 fully saturated rings. The smallest absolute Gasteiger partial charge is 0.125 e. The third-order valence-electron chi connectivity index (χ3n) is 3.91. The lowest BCUT2D eigenvalue weighted by molar-refractivity contribution is 0.414. The molecule has 0 saturated carbocycles. The summed E-state index contributed by atoms with van der Waals surface area (Å²) in [7, 11) is 1.70. The lowest BCUT2D eigenvalue weighted by Gasteiger charge is -2.09. The standard InChI is InChI=1S/C18H16N2OS/c1-21-14-8-10-15-13(11-14)7-9-16-18(19-15)22-17(20-16)12-5-3-2-4-6-12/h2-6,8,10-11,19H,7,9H2,1H3. The van der Waals surface area contributed by atoms with Gasteiger partial charge in [-0.2, -0.15) is 0 Å². The Balaban J connectivity index is 1.71. The van der Waals surface area contributed by atoms with Gasteiger partial charge in [-0.05, 0) is 36.6 Å². The molecule has 3 aromatic rings. The molecule has 1 aromatic heterocycles. The average Bonchev–Trinajstić information content (AvgIpc) is 2.90. The van der Waals surface area contributed by atoms with Crippen molar-refractivity contribution in [3.63, 3.8) is 0 Å². The van der Waals surface area contributed by atoms with Gasteiger partial charge in [0.25, 0.3) is 0 Å². The maximum atomic E-state index is 5.32. The Morgan fingerprint density at radius 3 is 2.77 bits per heavy atom. The number of thiazole rings is 1. The largest absolute Gasteiger partial charge is 0.497 e. The summed E-state index contributed by atoms with van der Waals surface area (Å²) in [5.41, 5.74) is 4.77. The van der Waals surface area contributed by atoms with E-state index in [1.807, 2.05) is 12.1 Å². The number of benzene rings is 2. The summed E-state index contributed by atoms with van der Waals surface area (Å²) in [6, 6.07) is 16.5. The Kier molecular flexibility index (Phi) is 3.31. The predicted molar refractivity (Wildman–Crippen MR) is 91.2 cm³/mol. The van der Waals surface area contributed by atoms with Crippen molar-refractivity contribution in [3.8, 4) is 16.3 Å². The lowest BCUT2D eigenvalue weighted by Crippen LogP contribution is -1.93. The second kappa shape index (κ2) is 5.46. The van der Waals surface area contributed by atoms with E-state index >= 15 is 0 Å². The number of rotatable bonds is 2. The van der Waals surface area contributed by atoms with Crippen LogP contribution in [-0.2, 0) is 12.8 Å².